The van der Waals surface area contributed by atoms with Crippen molar-refractivity contribution in [3.8, 4) is 0 Å². The number of hydrogen-bond acceptors (Lipinski definition) is 6. The number of aliphatic hydroxyl groups excluding tert-OH is 1. The van der Waals surface area contributed by atoms with Crippen molar-refractivity contribution in [2.75, 3.05) is 19.8 Å². The Bertz CT molecular complexity index is 878. The van der Waals surface area contributed by atoms with E-state index >= 15 is 0 Å². The van der Waals surface area contributed by atoms with Crippen molar-refractivity contribution in [1.82, 2.24) is 9.80 Å². The zero-order chi connectivity index (χ0) is 23.3. The fraction of sp³-hybridized carbons (Fsp3) is 0.720. The third-order valence-electron chi connectivity index (χ3n) is 8.21. The predicted octanol–water partition coefficient (Wildman–Crippen LogP) is 1.43. The molecule has 0 aromatic carbocycles. The Morgan fingerprint density at radius 2 is 1.88 bits per heavy atom. The number of aliphatic hydroxyl groups is 1. The van der Waals surface area contributed by atoms with E-state index in [1.54, 1.807) is 17.1 Å². The Morgan fingerprint density at radius 1 is 1.12 bits per heavy atom. The van der Waals surface area contributed by atoms with Gasteiger partial charge in [-0.2, -0.15) is 0 Å². The van der Waals surface area contributed by atoms with Crippen LogP contribution in [-0.4, -0.2) is 82.3 Å². The molecule has 0 aromatic heterocycles. The summed E-state index contributed by atoms with van der Waals surface area (Å²) in [5.41, 5.74) is -1.25. The highest BCUT2D eigenvalue weighted by Gasteiger charge is 2.72. The maximum absolute atomic E-state index is 14.2. The Labute approximate surface area is 194 Å². The van der Waals surface area contributed by atoms with Crippen molar-refractivity contribution in [2.24, 2.45) is 17.8 Å². The van der Waals surface area contributed by atoms with Gasteiger partial charge >= 0.3 is 5.97 Å². The molecule has 4 aliphatic heterocycles. The summed E-state index contributed by atoms with van der Waals surface area (Å²) in [6.07, 6.45) is 11.9. The van der Waals surface area contributed by atoms with E-state index in [-0.39, 0.29) is 37.0 Å². The summed E-state index contributed by atoms with van der Waals surface area (Å²) in [5.74, 6) is -2.67. The quantitative estimate of drug-likeness (QED) is 0.506. The molecule has 1 unspecified atom stereocenters. The van der Waals surface area contributed by atoms with Crippen molar-refractivity contribution in [1.29, 1.82) is 0 Å². The van der Waals surface area contributed by atoms with Crippen LogP contribution >= 0.6 is 0 Å². The lowest BCUT2D eigenvalue weighted by Crippen LogP contribution is -2.60. The predicted molar refractivity (Wildman–Crippen MR) is 119 cm³/mol. The van der Waals surface area contributed by atoms with Gasteiger partial charge in [-0.05, 0) is 24.8 Å². The molecule has 5 aliphatic rings. The van der Waals surface area contributed by atoms with E-state index in [1.807, 2.05) is 30.9 Å². The monoisotopic (exact) mass is 458 g/mol. The van der Waals surface area contributed by atoms with E-state index in [0.717, 1.165) is 25.7 Å². The van der Waals surface area contributed by atoms with Crippen LogP contribution in [0, 0.1) is 17.8 Å². The molecule has 1 N–H and O–H groups in total. The molecule has 0 bridgehead atoms. The van der Waals surface area contributed by atoms with Crippen LogP contribution in [0.15, 0.2) is 24.3 Å². The van der Waals surface area contributed by atoms with E-state index in [2.05, 4.69) is 0 Å². The normalized spacial score (nSPS) is 37.5. The van der Waals surface area contributed by atoms with Gasteiger partial charge in [0.25, 0.3) is 0 Å². The number of amides is 2. The molecule has 0 aromatic rings. The summed E-state index contributed by atoms with van der Waals surface area (Å²) in [5, 5.41) is 10.2. The molecule has 2 amide bonds. The number of hydrogen-bond donors (Lipinski definition) is 1. The lowest BCUT2D eigenvalue weighted by Gasteiger charge is -2.42. The highest BCUT2D eigenvalue weighted by atomic mass is 16.6. The van der Waals surface area contributed by atoms with Gasteiger partial charge in [-0.3, -0.25) is 14.4 Å². The average molecular weight is 459 g/mol. The van der Waals surface area contributed by atoms with Crippen LogP contribution in [0.3, 0.4) is 0 Å². The number of carbonyl (C=O) groups is 3. The number of fused-ring (bicyclic) bond motifs is 2. The second-order valence-corrected chi connectivity index (χ2v) is 10.3. The van der Waals surface area contributed by atoms with Gasteiger partial charge in [0, 0.05) is 12.6 Å². The summed E-state index contributed by atoms with van der Waals surface area (Å²) in [6, 6.07) is -1.33. The molecule has 0 radical (unpaired) electrons. The van der Waals surface area contributed by atoms with E-state index in [0.29, 0.717) is 6.54 Å². The highest BCUT2D eigenvalue weighted by molar-refractivity contribution is 5.99. The van der Waals surface area contributed by atoms with Crippen LogP contribution in [0.1, 0.15) is 46.0 Å². The Kier molecular flexibility index (Phi) is 5.85. The van der Waals surface area contributed by atoms with Gasteiger partial charge < -0.3 is 24.4 Å². The lowest BCUT2D eigenvalue weighted by molar-refractivity contribution is -0.156. The third kappa shape index (κ3) is 3.36. The number of cyclic esters (lactones) is 1. The van der Waals surface area contributed by atoms with Crippen LogP contribution in [0.2, 0.25) is 0 Å². The van der Waals surface area contributed by atoms with Crippen molar-refractivity contribution in [3.63, 3.8) is 0 Å². The smallest absolute Gasteiger partial charge is 0.313 e. The SMILES string of the molecule is CC(C)[C@H](CO)N1C(=O)[C@@H]2[C@H]3C(=O)OCC=C[C@H]3O[C@@]23C=CCN(C2CCCCC2)C(=O)C13. The summed E-state index contributed by atoms with van der Waals surface area (Å²) < 4.78 is 11.9. The number of carbonyl (C=O) groups excluding carboxylic acids is 3. The van der Waals surface area contributed by atoms with Crippen molar-refractivity contribution >= 4 is 17.8 Å². The first-order valence-electron chi connectivity index (χ1n) is 12.3. The van der Waals surface area contributed by atoms with Crippen molar-refractivity contribution < 1.29 is 29.0 Å². The minimum absolute atomic E-state index is 0.0743. The van der Waals surface area contributed by atoms with Crippen molar-refractivity contribution in [3.05, 3.63) is 24.3 Å². The molecule has 3 fully saturated rings. The Balaban J connectivity index is 1.62. The molecular formula is C25H34N2O6. The van der Waals surface area contributed by atoms with E-state index in [9.17, 15) is 19.5 Å². The second kappa shape index (κ2) is 8.55. The summed E-state index contributed by atoms with van der Waals surface area (Å²) >= 11 is 0. The minimum atomic E-state index is -1.25. The van der Waals surface area contributed by atoms with Crippen LogP contribution in [0.4, 0.5) is 0 Å². The molecule has 8 nitrogen and oxygen atoms in total. The fourth-order valence-electron chi connectivity index (χ4n) is 6.62. The first-order chi connectivity index (χ1) is 15.9. The van der Waals surface area contributed by atoms with Gasteiger partial charge in [0.15, 0.2) is 0 Å². The molecule has 1 aliphatic carbocycles. The lowest BCUT2D eigenvalue weighted by atomic mass is 9.78. The standard InChI is InChI=1S/C25H34N2O6/c1-15(2)17(14-28)27-21-23(30)26(16-8-4-3-5-9-16)12-7-11-25(21)20(22(27)29)19-18(33-25)10-6-13-32-24(19)31/h6-7,10-11,15-21,28H,3-5,8-9,12-14H2,1-2H3/t17-,18+,19-,20-,21?,25-/m0/s1. The largest absolute Gasteiger partial charge is 0.461 e. The van der Waals surface area contributed by atoms with Gasteiger partial charge in [0.2, 0.25) is 11.8 Å². The summed E-state index contributed by atoms with van der Waals surface area (Å²) in [6.45, 7) is 4.20. The van der Waals surface area contributed by atoms with E-state index < -0.39 is 41.6 Å². The number of likely N-dealkylation sites (tertiary alicyclic amines) is 1. The molecule has 5 rings (SSSR count). The fourth-order valence-corrected chi connectivity index (χ4v) is 6.62. The molecule has 4 heterocycles. The van der Waals surface area contributed by atoms with Crippen LogP contribution in [-0.2, 0) is 23.9 Å². The molecule has 6 atom stereocenters. The van der Waals surface area contributed by atoms with Crippen LogP contribution in [0.5, 0.6) is 0 Å². The van der Waals surface area contributed by atoms with Crippen molar-refractivity contribution in [2.45, 2.75) is 75.8 Å². The maximum atomic E-state index is 14.2. The molecule has 1 saturated carbocycles. The molecule has 180 valence electrons. The number of ether oxygens (including phenoxy) is 2. The third-order valence-corrected chi connectivity index (χ3v) is 8.21. The topological polar surface area (TPSA) is 96.4 Å². The highest BCUT2D eigenvalue weighted by Crippen LogP contribution is 2.54. The molecule has 2 saturated heterocycles. The molecular weight excluding hydrogens is 424 g/mol. The summed E-state index contributed by atoms with van der Waals surface area (Å²) in [4.78, 5) is 44.6. The first-order valence-corrected chi connectivity index (χ1v) is 12.3. The van der Waals surface area contributed by atoms with Crippen LogP contribution in [0.25, 0.3) is 0 Å². The summed E-state index contributed by atoms with van der Waals surface area (Å²) in [7, 11) is 0. The van der Waals surface area contributed by atoms with Gasteiger partial charge in [-0.15, -0.1) is 0 Å². The van der Waals surface area contributed by atoms with Gasteiger partial charge in [0.1, 0.15) is 24.2 Å². The van der Waals surface area contributed by atoms with Crippen LogP contribution < -0.4 is 0 Å². The Hall–Kier alpha value is -2.19. The zero-order valence-corrected chi connectivity index (χ0v) is 19.4. The Morgan fingerprint density at radius 3 is 2.58 bits per heavy atom. The maximum Gasteiger partial charge on any atom is 0.313 e. The van der Waals surface area contributed by atoms with Gasteiger partial charge in [0.05, 0.1) is 24.7 Å². The average Bonchev–Trinajstić information content (AvgIpc) is 3.09. The second-order valence-electron chi connectivity index (χ2n) is 10.3. The molecule has 33 heavy (non-hydrogen) atoms. The zero-order valence-electron chi connectivity index (χ0n) is 19.4. The van der Waals surface area contributed by atoms with Gasteiger partial charge in [-0.25, -0.2) is 0 Å². The van der Waals surface area contributed by atoms with E-state index in [1.165, 1.54) is 6.42 Å². The number of esters is 1. The number of nitrogens with zero attached hydrogens (tertiary/aromatic N) is 2. The van der Waals surface area contributed by atoms with Gasteiger partial charge in [-0.1, -0.05) is 51.3 Å². The number of rotatable bonds is 4. The molecule has 1 spiro atoms. The first kappa shape index (κ1) is 22.6. The van der Waals surface area contributed by atoms with E-state index in [4.69, 9.17) is 9.47 Å². The molecule has 8 heteroatoms. The minimum Gasteiger partial charge on any atom is -0.461 e.